The summed E-state index contributed by atoms with van der Waals surface area (Å²) in [6, 6.07) is 14.4. The van der Waals surface area contributed by atoms with Gasteiger partial charge >= 0.3 is 5.69 Å². The van der Waals surface area contributed by atoms with Gasteiger partial charge in [0.2, 0.25) is 5.91 Å². The number of ether oxygens (including phenoxy) is 2. The highest BCUT2D eigenvalue weighted by Gasteiger charge is 2.17. The van der Waals surface area contributed by atoms with Crippen molar-refractivity contribution in [2.75, 3.05) is 20.8 Å². The molecule has 10 heteroatoms. The lowest BCUT2D eigenvalue weighted by Gasteiger charge is -2.13. The molecule has 0 atom stereocenters. The van der Waals surface area contributed by atoms with Crippen LogP contribution in [-0.4, -0.2) is 35.8 Å². The zero-order valence-corrected chi connectivity index (χ0v) is 20.8. The largest absolute Gasteiger partial charge is 0.493 e. The molecule has 0 saturated carbocycles. The van der Waals surface area contributed by atoms with E-state index in [1.807, 2.05) is 24.3 Å². The highest BCUT2D eigenvalue weighted by Crippen LogP contribution is 2.27. The van der Waals surface area contributed by atoms with E-state index in [0.717, 1.165) is 15.7 Å². The van der Waals surface area contributed by atoms with E-state index in [1.165, 1.54) is 15.9 Å². The minimum absolute atomic E-state index is 0.254. The zero-order chi connectivity index (χ0) is 24.9. The Morgan fingerprint density at radius 1 is 0.971 bits per heavy atom. The van der Waals surface area contributed by atoms with Crippen LogP contribution < -0.4 is 26.0 Å². The molecule has 0 spiro atoms. The fourth-order valence-corrected chi connectivity index (χ4v) is 4.75. The van der Waals surface area contributed by atoms with E-state index >= 15 is 0 Å². The van der Waals surface area contributed by atoms with Gasteiger partial charge in [-0.05, 0) is 53.3 Å². The number of carbonyl (C=O) groups is 1. The minimum atomic E-state index is -0.536. The Bertz CT molecular complexity index is 1470. The van der Waals surface area contributed by atoms with E-state index in [-0.39, 0.29) is 13.1 Å². The monoisotopic (exact) mass is 513 g/mol. The highest BCUT2D eigenvalue weighted by molar-refractivity contribution is 7.17. The molecular weight excluding hydrogens is 490 g/mol. The number of rotatable bonds is 9. The minimum Gasteiger partial charge on any atom is -0.493 e. The molecule has 0 aliphatic heterocycles. The molecule has 8 nitrogen and oxygen atoms in total. The summed E-state index contributed by atoms with van der Waals surface area (Å²) in [6.45, 7) is 0.228. The molecule has 0 unspecified atom stereocenters. The molecule has 1 N–H and O–H groups in total. The van der Waals surface area contributed by atoms with Crippen molar-refractivity contribution < 1.29 is 14.3 Å². The van der Waals surface area contributed by atoms with Gasteiger partial charge in [0.15, 0.2) is 11.5 Å². The van der Waals surface area contributed by atoms with Gasteiger partial charge in [0, 0.05) is 11.6 Å². The average Bonchev–Trinajstić information content (AvgIpc) is 3.35. The number of fused-ring (bicyclic) bond motifs is 1. The van der Waals surface area contributed by atoms with Gasteiger partial charge in [0.1, 0.15) is 11.2 Å². The number of benzene rings is 2. The molecular formula is C25H24ClN3O5S. The van der Waals surface area contributed by atoms with Gasteiger partial charge in [0.05, 0.1) is 26.3 Å². The van der Waals surface area contributed by atoms with Gasteiger partial charge in [-0.25, -0.2) is 9.36 Å². The number of thiophene rings is 1. The third-order valence-electron chi connectivity index (χ3n) is 5.58. The van der Waals surface area contributed by atoms with Gasteiger partial charge in [0.25, 0.3) is 5.56 Å². The summed E-state index contributed by atoms with van der Waals surface area (Å²) in [4.78, 5) is 38.8. The lowest BCUT2D eigenvalue weighted by atomic mass is 10.1. The maximum absolute atomic E-state index is 13.2. The number of hydrogen-bond acceptors (Lipinski definition) is 6. The Balaban J connectivity index is 1.50. The first-order chi connectivity index (χ1) is 16.9. The smallest absolute Gasteiger partial charge is 0.332 e. The fraction of sp³-hybridized carbons (Fsp3) is 0.240. The van der Waals surface area contributed by atoms with E-state index in [2.05, 4.69) is 5.32 Å². The van der Waals surface area contributed by atoms with Crippen LogP contribution in [0.1, 0.15) is 11.1 Å². The standard InChI is InChI=1S/C25H24ClN3O5S/c1-33-20-8-5-16(13-21(20)34-2)9-11-27-22(30)15-29-24(31)23-19(10-12-35-23)28(25(29)32)14-17-3-6-18(26)7-4-17/h3-8,10,12-13H,9,11,14-15H2,1-2H3,(H,27,30). The first kappa shape index (κ1) is 24.6. The van der Waals surface area contributed by atoms with E-state index in [1.54, 1.807) is 43.9 Å². The second kappa shape index (κ2) is 10.8. The molecule has 0 fully saturated rings. The molecule has 0 bridgehead atoms. The Kier molecular flexibility index (Phi) is 7.57. The molecule has 0 aliphatic rings. The summed E-state index contributed by atoms with van der Waals surface area (Å²) >= 11 is 7.21. The van der Waals surface area contributed by atoms with E-state index in [9.17, 15) is 14.4 Å². The average molecular weight is 514 g/mol. The molecule has 1 amide bonds. The van der Waals surface area contributed by atoms with Crippen LogP contribution in [0.4, 0.5) is 0 Å². The number of carbonyl (C=O) groups excluding carboxylic acids is 1. The molecule has 0 radical (unpaired) electrons. The van der Waals surface area contributed by atoms with Crippen LogP contribution in [0.25, 0.3) is 10.2 Å². The molecule has 0 saturated heterocycles. The molecule has 4 rings (SSSR count). The van der Waals surface area contributed by atoms with Crippen LogP contribution >= 0.6 is 22.9 Å². The number of aromatic nitrogens is 2. The maximum Gasteiger partial charge on any atom is 0.332 e. The van der Waals surface area contributed by atoms with Gasteiger partial charge in [-0.1, -0.05) is 29.8 Å². The zero-order valence-electron chi connectivity index (χ0n) is 19.2. The fourth-order valence-electron chi connectivity index (χ4n) is 3.78. The first-order valence-electron chi connectivity index (χ1n) is 10.8. The third-order valence-corrected chi connectivity index (χ3v) is 6.72. The number of amides is 1. The summed E-state index contributed by atoms with van der Waals surface area (Å²) in [7, 11) is 3.13. The van der Waals surface area contributed by atoms with E-state index in [0.29, 0.717) is 39.7 Å². The van der Waals surface area contributed by atoms with Gasteiger partial charge in [-0.2, -0.15) is 0 Å². The molecule has 182 valence electrons. The summed E-state index contributed by atoms with van der Waals surface area (Å²) in [5.41, 5.74) is 1.34. The van der Waals surface area contributed by atoms with Gasteiger partial charge < -0.3 is 14.8 Å². The predicted octanol–water partition coefficient (Wildman–Crippen LogP) is 3.30. The molecule has 0 aliphatic carbocycles. The Hall–Kier alpha value is -3.56. The van der Waals surface area contributed by atoms with Crippen LogP contribution in [0.5, 0.6) is 11.5 Å². The molecule has 2 heterocycles. The topological polar surface area (TPSA) is 91.6 Å². The quantitative estimate of drug-likeness (QED) is 0.371. The second-order valence-electron chi connectivity index (χ2n) is 7.81. The van der Waals surface area contributed by atoms with Crippen LogP contribution in [0.15, 0.2) is 63.5 Å². The van der Waals surface area contributed by atoms with Crippen molar-refractivity contribution >= 4 is 39.1 Å². The van der Waals surface area contributed by atoms with Gasteiger partial charge in [-0.3, -0.25) is 14.2 Å². The molecule has 4 aromatic rings. The van der Waals surface area contributed by atoms with E-state index < -0.39 is 17.2 Å². The molecule has 2 aromatic carbocycles. The lowest BCUT2D eigenvalue weighted by molar-refractivity contribution is -0.121. The van der Waals surface area contributed by atoms with Crippen LogP contribution in [0, 0.1) is 0 Å². The van der Waals surface area contributed by atoms with Gasteiger partial charge in [-0.15, -0.1) is 11.3 Å². The maximum atomic E-state index is 13.2. The number of methoxy groups -OCH3 is 2. The van der Waals surface area contributed by atoms with Crippen molar-refractivity contribution in [3.8, 4) is 11.5 Å². The Morgan fingerprint density at radius 2 is 1.69 bits per heavy atom. The number of nitrogens with one attached hydrogen (secondary N) is 1. The summed E-state index contributed by atoms with van der Waals surface area (Å²) in [5.74, 6) is 0.811. The SMILES string of the molecule is COc1ccc(CCNC(=O)Cn2c(=O)c3sccc3n(Cc3ccc(Cl)cc3)c2=O)cc1OC. The Morgan fingerprint density at radius 3 is 2.40 bits per heavy atom. The van der Waals surface area contributed by atoms with E-state index in [4.69, 9.17) is 21.1 Å². The number of halogens is 1. The first-order valence-corrected chi connectivity index (χ1v) is 12.1. The van der Waals surface area contributed by atoms with Crippen LogP contribution in [-0.2, 0) is 24.3 Å². The number of hydrogen-bond donors (Lipinski definition) is 1. The number of nitrogens with zero attached hydrogens (tertiary/aromatic N) is 2. The van der Waals surface area contributed by atoms with Crippen molar-refractivity contribution in [2.45, 2.75) is 19.5 Å². The van der Waals surface area contributed by atoms with Crippen molar-refractivity contribution in [3.05, 3.63) is 90.9 Å². The molecule has 2 aromatic heterocycles. The second-order valence-corrected chi connectivity index (χ2v) is 9.16. The summed E-state index contributed by atoms with van der Waals surface area (Å²) < 4.78 is 13.5. The van der Waals surface area contributed by atoms with Crippen LogP contribution in [0.3, 0.4) is 0 Å². The molecule has 35 heavy (non-hydrogen) atoms. The lowest BCUT2D eigenvalue weighted by Crippen LogP contribution is -2.43. The Labute approximate surface area is 210 Å². The predicted molar refractivity (Wildman–Crippen MR) is 137 cm³/mol. The van der Waals surface area contributed by atoms with Crippen molar-refractivity contribution in [1.29, 1.82) is 0 Å². The third kappa shape index (κ3) is 5.41. The van der Waals surface area contributed by atoms with Crippen LogP contribution in [0.2, 0.25) is 5.02 Å². The highest BCUT2D eigenvalue weighted by atomic mass is 35.5. The van der Waals surface area contributed by atoms with Crippen molar-refractivity contribution in [3.63, 3.8) is 0 Å². The summed E-state index contributed by atoms with van der Waals surface area (Å²) in [5, 5.41) is 5.14. The van der Waals surface area contributed by atoms with Crippen molar-refractivity contribution in [1.82, 2.24) is 14.5 Å². The normalized spacial score (nSPS) is 10.9. The summed E-state index contributed by atoms with van der Waals surface area (Å²) in [6.07, 6.45) is 0.547. The van der Waals surface area contributed by atoms with Crippen molar-refractivity contribution in [2.24, 2.45) is 0 Å².